The summed E-state index contributed by atoms with van der Waals surface area (Å²) in [4.78, 5) is 21.4. The number of nitrogens with one attached hydrogen (secondary N) is 1. The van der Waals surface area contributed by atoms with Crippen molar-refractivity contribution in [1.82, 2.24) is 20.2 Å². The minimum Gasteiger partial charge on any atom is -0.258 e. The van der Waals surface area contributed by atoms with Crippen molar-refractivity contribution >= 4 is 17.3 Å². The molecular weight excluding hydrogens is 250 g/mol. The first-order valence-electron chi connectivity index (χ1n) is 4.46. The molecule has 2 rings (SSSR count). The molecule has 0 aliphatic rings. The number of nitrogens with zero attached hydrogens (tertiary/aromatic N) is 4. The fourth-order valence-corrected chi connectivity index (χ4v) is 1.54. The first-order valence-corrected chi connectivity index (χ1v) is 4.84. The molecule has 0 saturated carbocycles. The number of H-pyrrole nitrogens is 1. The minimum atomic E-state index is -0.597. The zero-order valence-electron chi connectivity index (χ0n) is 8.55. The van der Waals surface area contributed by atoms with Gasteiger partial charge in [0.15, 0.2) is 0 Å². The van der Waals surface area contributed by atoms with Crippen molar-refractivity contribution in [2.24, 2.45) is 0 Å². The van der Waals surface area contributed by atoms with Crippen molar-refractivity contribution < 1.29 is 4.92 Å². The number of nitro groups is 1. The van der Waals surface area contributed by atoms with Crippen molar-refractivity contribution in [3.63, 3.8) is 0 Å². The Balaban J connectivity index is 2.73. The van der Waals surface area contributed by atoms with Crippen LogP contribution in [-0.4, -0.2) is 25.1 Å². The van der Waals surface area contributed by atoms with Gasteiger partial charge >= 0.3 is 5.69 Å². The third-order valence-corrected chi connectivity index (χ3v) is 2.61. The van der Waals surface area contributed by atoms with E-state index in [1.807, 2.05) is 0 Å². The molecule has 8 nitrogen and oxygen atoms in total. The molecule has 0 saturated heterocycles. The molecule has 17 heavy (non-hydrogen) atoms. The second-order valence-electron chi connectivity index (χ2n) is 3.25. The van der Waals surface area contributed by atoms with Gasteiger partial charge < -0.3 is 0 Å². The summed E-state index contributed by atoms with van der Waals surface area (Å²) >= 11 is 5.85. The van der Waals surface area contributed by atoms with Crippen LogP contribution in [0.5, 0.6) is 0 Å². The van der Waals surface area contributed by atoms with Crippen LogP contribution in [0.15, 0.2) is 16.9 Å². The topological polar surface area (TPSA) is 107 Å². The van der Waals surface area contributed by atoms with Crippen LogP contribution in [0.4, 0.5) is 5.69 Å². The molecule has 88 valence electrons. The first kappa shape index (κ1) is 11.3. The monoisotopic (exact) mass is 255 g/mol. The van der Waals surface area contributed by atoms with E-state index in [0.29, 0.717) is 5.56 Å². The summed E-state index contributed by atoms with van der Waals surface area (Å²) < 4.78 is 0.911. The molecule has 1 aromatic carbocycles. The third-order valence-electron chi connectivity index (χ3n) is 2.21. The zero-order chi connectivity index (χ0) is 12.6. The number of aromatic nitrogens is 4. The summed E-state index contributed by atoms with van der Waals surface area (Å²) in [7, 11) is 0. The molecular formula is C8H6ClN5O3. The fraction of sp³-hybridized carbons (Fsp3) is 0.125. The van der Waals surface area contributed by atoms with Gasteiger partial charge in [-0.2, -0.15) is 4.68 Å². The molecule has 0 radical (unpaired) electrons. The average molecular weight is 256 g/mol. The number of benzene rings is 1. The van der Waals surface area contributed by atoms with E-state index in [2.05, 4.69) is 15.5 Å². The van der Waals surface area contributed by atoms with E-state index in [9.17, 15) is 14.9 Å². The van der Waals surface area contributed by atoms with Gasteiger partial charge in [-0.05, 0) is 22.9 Å². The lowest BCUT2D eigenvalue weighted by atomic mass is 10.2. The van der Waals surface area contributed by atoms with Gasteiger partial charge in [0, 0.05) is 12.1 Å². The van der Waals surface area contributed by atoms with Crippen LogP contribution in [0.2, 0.25) is 5.02 Å². The van der Waals surface area contributed by atoms with Crippen LogP contribution < -0.4 is 5.69 Å². The molecule has 0 amide bonds. The smallest absolute Gasteiger partial charge is 0.258 e. The lowest BCUT2D eigenvalue weighted by molar-refractivity contribution is -0.384. The second-order valence-corrected chi connectivity index (χ2v) is 3.65. The number of rotatable bonds is 2. The van der Waals surface area contributed by atoms with E-state index in [1.54, 1.807) is 6.92 Å². The maximum atomic E-state index is 11.3. The zero-order valence-corrected chi connectivity index (χ0v) is 9.30. The summed E-state index contributed by atoms with van der Waals surface area (Å²) in [6.45, 7) is 1.63. The highest BCUT2D eigenvalue weighted by Crippen LogP contribution is 2.27. The molecule has 9 heteroatoms. The minimum absolute atomic E-state index is 0.184. The van der Waals surface area contributed by atoms with Crippen LogP contribution in [0.25, 0.3) is 5.69 Å². The van der Waals surface area contributed by atoms with E-state index in [1.165, 1.54) is 12.1 Å². The van der Waals surface area contributed by atoms with E-state index < -0.39 is 10.6 Å². The predicted octanol–water partition coefficient (Wildman–Crippen LogP) is 0.826. The number of hydrogen-bond acceptors (Lipinski definition) is 5. The van der Waals surface area contributed by atoms with Crippen molar-refractivity contribution in [3.8, 4) is 5.69 Å². The van der Waals surface area contributed by atoms with Crippen molar-refractivity contribution in [2.75, 3.05) is 0 Å². The quantitative estimate of drug-likeness (QED) is 0.632. The van der Waals surface area contributed by atoms with Crippen molar-refractivity contribution in [2.45, 2.75) is 6.92 Å². The average Bonchev–Trinajstić information content (AvgIpc) is 2.68. The Morgan fingerprint density at radius 3 is 2.76 bits per heavy atom. The fourth-order valence-electron chi connectivity index (χ4n) is 1.33. The number of aromatic amines is 1. The van der Waals surface area contributed by atoms with E-state index in [-0.39, 0.29) is 16.4 Å². The Hall–Kier alpha value is -2.22. The van der Waals surface area contributed by atoms with Crippen LogP contribution in [0.1, 0.15) is 5.56 Å². The lowest BCUT2D eigenvalue weighted by Gasteiger charge is -2.05. The molecule has 0 bridgehead atoms. The molecule has 2 aromatic rings. The van der Waals surface area contributed by atoms with Gasteiger partial charge in [0.25, 0.3) is 5.69 Å². The second kappa shape index (κ2) is 3.98. The maximum Gasteiger partial charge on any atom is 0.365 e. The highest BCUT2D eigenvalue weighted by Gasteiger charge is 2.16. The molecule has 0 atom stereocenters. The Kier molecular flexibility index (Phi) is 2.64. The van der Waals surface area contributed by atoms with E-state index in [4.69, 9.17) is 11.6 Å². The highest BCUT2D eigenvalue weighted by atomic mass is 35.5. The Morgan fingerprint density at radius 1 is 1.53 bits per heavy atom. The highest BCUT2D eigenvalue weighted by molar-refractivity contribution is 6.31. The van der Waals surface area contributed by atoms with Gasteiger partial charge in [-0.3, -0.25) is 10.1 Å². The molecule has 1 heterocycles. The standard InChI is InChI=1S/C8H6ClN5O3/c1-4-6(9)2-5(14(16)17)3-7(4)13-8(15)10-11-12-13/h2-3H,1H3,(H,10,12,15). The van der Waals surface area contributed by atoms with Crippen LogP contribution >= 0.6 is 11.6 Å². The number of tetrazole rings is 1. The SMILES string of the molecule is Cc1c(Cl)cc([N+](=O)[O-])cc1-n1nn[nH]c1=O. The predicted molar refractivity (Wildman–Crippen MR) is 58.4 cm³/mol. The molecule has 0 fully saturated rings. The van der Waals surface area contributed by atoms with Gasteiger partial charge in [0.1, 0.15) is 0 Å². The number of nitro benzene ring substituents is 1. The molecule has 0 unspecified atom stereocenters. The van der Waals surface area contributed by atoms with Crippen LogP contribution in [-0.2, 0) is 0 Å². The Labute approximate surface area is 99.0 Å². The third kappa shape index (κ3) is 1.89. The molecule has 0 aliphatic carbocycles. The molecule has 0 spiro atoms. The van der Waals surface area contributed by atoms with Gasteiger partial charge in [0.05, 0.1) is 15.6 Å². The van der Waals surface area contributed by atoms with Gasteiger partial charge in [-0.15, -0.1) is 0 Å². The largest absolute Gasteiger partial charge is 0.365 e. The molecule has 1 N–H and O–H groups in total. The number of hydrogen-bond donors (Lipinski definition) is 1. The van der Waals surface area contributed by atoms with Crippen molar-refractivity contribution in [1.29, 1.82) is 0 Å². The summed E-state index contributed by atoms with van der Waals surface area (Å²) in [5.74, 6) is 0. The summed E-state index contributed by atoms with van der Waals surface area (Å²) in [5, 5.41) is 19.8. The maximum absolute atomic E-state index is 11.3. The molecule has 1 aromatic heterocycles. The van der Waals surface area contributed by atoms with Crippen LogP contribution in [0, 0.1) is 17.0 Å². The van der Waals surface area contributed by atoms with E-state index >= 15 is 0 Å². The Bertz CT molecular complexity index is 647. The van der Waals surface area contributed by atoms with Crippen LogP contribution in [0.3, 0.4) is 0 Å². The lowest BCUT2D eigenvalue weighted by Crippen LogP contribution is -2.17. The summed E-state index contributed by atoms with van der Waals surface area (Å²) in [6, 6.07) is 2.43. The summed E-state index contributed by atoms with van der Waals surface area (Å²) in [5.41, 5.74) is -0.0774. The number of halogens is 1. The van der Waals surface area contributed by atoms with Crippen molar-refractivity contribution in [3.05, 3.63) is 43.3 Å². The first-order chi connectivity index (χ1) is 8.00. The van der Waals surface area contributed by atoms with E-state index in [0.717, 1.165) is 4.68 Å². The number of non-ortho nitro benzene ring substituents is 1. The Morgan fingerprint density at radius 2 is 2.24 bits per heavy atom. The van der Waals surface area contributed by atoms with Gasteiger partial charge in [0.2, 0.25) is 0 Å². The van der Waals surface area contributed by atoms with Gasteiger partial charge in [-0.25, -0.2) is 9.89 Å². The van der Waals surface area contributed by atoms with Gasteiger partial charge in [-0.1, -0.05) is 11.6 Å². The molecule has 0 aliphatic heterocycles. The normalized spacial score (nSPS) is 10.5. The summed E-state index contributed by atoms with van der Waals surface area (Å²) in [6.07, 6.45) is 0.